The molecule has 14 heavy (non-hydrogen) atoms. The number of hydrogen-bond acceptors (Lipinski definition) is 4. The van der Waals surface area contributed by atoms with Crippen LogP contribution in [0.5, 0.6) is 0 Å². The van der Waals surface area contributed by atoms with E-state index in [0.29, 0.717) is 39.1 Å². The fourth-order valence-electron chi connectivity index (χ4n) is 1.05. The van der Waals surface area contributed by atoms with E-state index in [9.17, 15) is 9.90 Å². The number of aliphatic hydroxyl groups excluding tert-OH is 1. The molecule has 0 rings (SSSR count). The molecule has 84 valence electrons. The van der Waals surface area contributed by atoms with Crippen LogP contribution in [0.25, 0.3) is 0 Å². The highest BCUT2D eigenvalue weighted by molar-refractivity contribution is 5.69. The van der Waals surface area contributed by atoms with Crippen LogP contribution in [-0.4, -0.2) is 37.0 Å². The Bertz CT molecular complexity index is 147. The lowest BCUT2D eigenvalue weighted by atomic mass is 10.1. The van der Waals surface area contributed by atoms with Crippen molar-refractivity contribution >= 4 is 5.97 Å². The maximum atomic E-state index is 10.9. The first-order valence-corrected chi connectivity index (χ1v) is 5.12. The van der Waals surface area contributed by atoms with Crippen molar-refractivity contribution in [2.24, 2.45) is 0 Å². The Labute approximate surface area is 85.2 Å². The van der Waals surface area contributed by atoms with Gasteiger partial charge in [-0.05, 0) is 26.7 Å². The summed E-state index contributed by atoms with van der Waals surface area (Å²) in [4.78, 5) is 10.9. The highest BCUT2D eigenvalue weighted by Gasteiger charge is 2.06. The predicted octanol–water partition coefficient (Wildman–Crippen LogP) is 1.12. The van der Waals surface area contributed by atoms with E-state index in [2.05, 4.69) is 0 Å². The highest BCUT2D eigenvalue weighted by atomic mass is 16.5. The third-order valence-corrected chi connectivity index (χ3v) is 1.74. The van der Waals surface area contributed by atoms with Crippen LogP contribution in [0.1, 0.15) is 33.1 Å². The minimum Gasteiger partial charge on any atom is -0.466 e. The van der Waals surface area contributed by atoms with Gasteiger partial charge in [-0.25, -0.2) is 0 Å². The highest BCUT2D eigenvalue weighted by Crippen LogP contribution is 2.02. The SMILES string of the molecule is CCOCC(O)CCCC(=O)OCC. The lowest BCUT2D eigenvalue weighted by molar-refractivity contribution is -0.143. The van der Waals surface area contributed by atoms with Crippen LogP contribution in [0.4, 0.5) is 0 Å². The summed E-state index contributed by atoms with van der Waals surface area (Å²) in [6.07, 6.45) is 1.13. The Morgan fingerprint density at radius 1 is 1.36 bits per heavy atom. The smallest absolute Gasteiger partial charge is 0.305 e. The van der Waals surface area contributed by atoms with Crippen LogP contribution < -0.4 is 0 Å². The van der Waals surface area contributed by atoms with Crippen LogP contribution in [0.2, 0.25) is 0 Å². The van der Waals surface area contributed by atoms with Crippen molar-refractivity contribution in [2.75, 3.05) is 19.8 Å². The fourth-order valence-corrected chi connectivity index (χ4v) is 1.05. The largest absolute Gasteiger partial charge is 0.466 e. The van der Waals surface area contributed by atoms with Gasteiger partial charge < -0.3 is 14.6 Å². The zero-order valence-electron chi connectivity index (χ0n) is 8.99. The van der Waals surface area contributed by atoms with Gasteiger partial charge in [-0.3, -0.25) is 4.79 Å². The van der Waals surface area contributed by atoms with Gasteiger partial charge in [0.05, 0.1) is 19.3 Å². The van der Waals surface area contributed by atoms with Crippen LogP contribution in [-0.2, 0) is 14.3 Å². The second-order valence-electron chi connectivity index (χ2n) is 3.01. The second kappa shape index (κ2) is 8.97. The van der Waals surface area contributed by atoms with E-state index >= 15 is 0 Å². The molecule has 0 saturated carbocycles. The molecule has 0 radical (unpaired) electrons. The maximum Gasteiger partial charge on any atom is 0.305 e. The van der Waals surface area contributed by atoms with Crippen LogP contribution in [0.15, 0.2) is 0 Å². The van der Waals surface area contributed by atoms with E-state index in [4.69, 9.17) is 9.47 Å². The van der Waals surface area contributed by atoms with Gasteiger partial charge in [0.25, 0.3) is 0 Å². The van der Waals surface area contributed by atoms with Crippen LogP contribution >= 0.6 is 0 Å². The number of esters is 1. The van der Waals surface area contributed by atoms with Gasteiger partial charge in [0.2, 0.25) is 0 Å². The summed E-state index contributed by atoms with van der Waals surface area (Å²) in [7, 11) is 0. The molecule has 0 aromatic heterocycles. The van der Waals surface area contributed by atoms with E-state index in [1.54, 1.807) is 6.92 Å². The number of ether oxygens (including phenoxy) is 2. The summed E-state index contributed by atoms with van der Waals surface area (Å²) in [5.74, 6) is -0.198. The van der Waals surface area contributed by atoms with Crippen LogP contribution in [0.3, 0.4) is 0 Å². The van der Waals surface area contributed by atoms with Crippen molar-refractivity contribution in [3.63, 3.8) is 0 Å². The fraction of sp³-hybridized carbons (Fsp3) is 0.900. The van der Waals surface area contributed by atoms with Crippen molar-refractivity contribution < 1.29 is 19.4 Å². The van der Waals surface area contributed by atoms with E-state index in [1.165, 1.54) is 0 Å². The molecule has 1 unspecified atom stereocenters. The van der Waals surface area contributed by atoms with E-state index in [-0.39, 0.29) is 5.97 Å². The molecule has 0 saturated heterocycles. The zero-order chi connectivity index (χ0) is 10.8. The van der Waals surface area contributed by atoms with Gasteiger partial charge >= 0.3 is 5.97 Å². The number of aliphatic hydroxyl groups is 1. The van der Waals surface area contributed by atoms with Gasteiger partial charge in [0.1, 0.15) is 0 Å². The van der Waals surface area contributed by atoms with Crippen LogP contribution in [0, 0.1) is 0 Å². The summed E-state index contributed by atoms with van der Waals surface area (Å²) < 4.78 is 9.79. The third-order valence-electron chi connectivity index (χ3n) is 1.74. The first-order chi connectivity index (χ1) is 6.70. The molecule has 0 heterocycles. The topological polar surface area (TPSA) is 55.8 Å². The zero-order valence-corrected chi connectivity index (χ0v) is 8.99. The Hall–Kier alpha value is -0.610. The second-order valence-corrected chi connectivity index (χ2v) is 3.01. The Balaban J connectivity index is 3.29. The van der Waals surface area contributed by atoms with Crippen molar-refractivity contribution in [3.8, 4) is 0 Å². The average molecular weight is 204 g/mol. The number of rotatable bonds is 8. The molecule has 0 bridgehead atoms. The molecule has 0 amide bonds. The Morgan fingerprint density at radius 3 is 2.64 bits per heavy atom. The minimum absolute atomic E-state index is 0.198. The molecule has 0 aliphatic carbocycles. The summed E-state index contributed by atoms with van der Waals surface area (Å²) >= 11 is 0. The van der Waals surface area contributed by atoms with E-state index < -0.39 is 6.10 Å². The average Bonchev–Trinajstić information content (AvgIpc) is 2.15. The molecule has 0 aliphatic rings. The van der Waals surface area contributed by atoms with Crippen molar-refractivity contribution in [2.45, 2.75) is 39.2 Å². The Morgan fingerprint density at radius 2 is 2.07 bits per heavy atom. The minimum atomic E-state index is -0.468. The normalized spacial score (nSPS) is 12.5. The molecule has 0 fully saturated rings. The molecule has 1 atom stereocenters. The molecule has 0 aliphatic heterocycles. The quantitative estimate of drug-likeness (QED) is 0.602. The molecule has 4 nitrogen and oxygen atoms in total. The first kappa shape index (κ1) is 13.4. The number of carbonyl (C=O) groups is 1. The number of hydrogen-bond donors (Lipinski definition) is 1. The Kier molecular flexibility index (Phi) is 8.57. The standard InChI is InChI=1S/C10H20O4/c1-3-13-8-9(11)6-5-7-10(12)14-4-2/h9,11H,3-8H2,1-2H3. The van der Waals surface area contributed by atoms with Gasteiger partial charge in [-0.15, -0.1) is 0 Å². The molecular formula is C10H20O4. The molecule has 0 aromatic rings. The van der Waals surface area contributed by atoms with Gasteiger partial charge in [-0.1, -0.05) is 0 Å². The van der Waals surface area contributed by atoms with Gasteiger partial charge in [0.15, 0.2) is 0 Å². The van der Waals surface area contributed by atoms with E-state index in [0.717, 1.165) is 0 Å². The molecule has 1 N–H and O–H groups in total. The van der Waals surface area contributed by atoms with Gasteiger partial charge in [-0.2, -0.15) is 0 Å². The number of carbonyl (C=O) groups excluding carboxylic acids is 1. The molecular weight excluding hydrogens is 184 g/mol. The predicted molar refractivity (Wildman–Crippen MR) is 53.0 cm³/mol. The van der Waals surface area contributed by atoms with E-state index in [1.807, 2.05) is 6.92 Å². The summed E-state index contributed by atoms with van der Waals surface area (Å²) in [6.45, 7) is 5.03. The van der Waals surface area contributed by atoms with Crippen molar-refractivity contribution in [3.05, 3.63) is 0 Å². The lowest BCUT2D eigenvalue weighted by Gasteiger charge is -2.09. The molecule has 0 spiro atoms. The van der Waals surface area contributed by atoms with Crippen molar-refractivity contribution in [1.82, 2.24) is 0 Å². The lowest BCUT2D eigenvalue weighted by Crippen LogP contribution is -2.15. The monoisotopic (exact) mass is 204 g/mol. The van der Waals surface area contributed by atoms with Gasteiger partial charge in [0, 0.05) is 13.0 Å². The maximum absolute atomic E-state index is 10.9. The summed E-state index contributed by atoms with van der Waals surface area (Å²) in [6, 6.07) is 0. The third kappa shape index (κ3) is 8.01. The van der Waals surface area contributed by atoms with Crippen molar-refractivity contribution in [1.29, 1.82) is 0 Å². The summed E-state index contributed by atoms with van der Waals surface area (Å²) in [5.41, 5.74) is 0. The summed E-state index contributed by atoms with van der Waals surface area (Å²) in [5, 5.41) is 9.35. The molecule has 0 aromatic carbocycles. The first-order valence-electron chi connectivity index (χ1n) is 5.12. The molecule has 4 heteroatoms.